The van der Waals surface area contributed by atoms with E-state index in [2.05, 4.69) is 10.1 Å². The van der Waals surface area contributed by atoms with Crippen molar-refractivity contribution < 1.29 is 14.4 Å². The van der Waals surface area contributed by atoms with Gasteiger partial charge in [0.25, 0.3) is 0 Å². The SMILES string of the molecule is O=C(O)c1cc(CN2CCC3(CCCC3)CC2)on1. The first-order chi connectivity index (χ1) is 9.17. The van der Waals surface area contributed by atoms with Crippen LogP contribution in [0.4, 0.5) is 0 Å². The van der Waals surface area contributed by atoms with Crippen LogP contribution in [0.15, 0.2) is 10.6 Å². The molecule has 5 nitrogen and oxygen atoms in total. The number of rotatable bonds is 3. The Balaban J connectivity index is 1.55. The van der Waals surface area contributed by atoms with Crippen LogP contribution in [-0.2, 0) is 6.54 Å². The van der Waals surface area contributed by atoms with Crippen LogP contribution in [0.5, 0.6) is 0 Å². The third kappa shape index (κ3) is 2.66. The minimum atomic E-state index is -1.03. The highest BCUT2D eigenvalue weighted by Gasteiger charge is 2.36. The van der Waals surface area contributed by atoms with Gasteiger partial charge in [0.15, 0.2) is 11.5 Å². The fraction of sp³-hybridized carbons (Fsp3) is 0.714. The number of likely N-dealkylation sites (tertiary alicyclic amines) is 1. The van der Waals surface area contributed by atoms with E-state index in [-0.39, 0.29) is 5.69 Å². The average molecular weight is 264 g/mol. The van der Waals surface area contributed by atoms with Crippen LogP contribution in [0.2, 0.25) is 0 Å². The van der Waals surface area contributed by atoms with Crippen molar-refractivity contribution in [3.8, 4) is 0 Å². The molecule has 1 aliphatic heterocycles. The zero-order chi connectivity index (χ0) is 13.3. The van der Waals surface area contributed by atoms with E-state index in [4.69, 9.17) is 9.63 Å². The lowest BCUT2D eigenvalue weighted by atomic mass is 9.77. The zero-order valence-corrected chi connectivity index (χ0v) is 11.1. The van der Waals surface area contributed by atoms with Crippen molar-refractivity contribution in [2.24, 2.45) is 5.41 Å². The van der Waals surface area contributed by atoms with E-state index in [1.54, 1.807) is 0 Å². The summed E-state index contributed by atoms with van der Waals surface area (Å²) in [7, 11) is 0. The van der Waals surface area contributed by atoms with Crippen LogP contribution >= 0.6 is 0 Å². The van der Waals surface area contributed by atoms with Crippen LogP contribution in [0.3, 0.4) is 0 Å². The molecule has 1 aromatic heterocycles. The summed E-state index contributed by atoms with van der Waals surface area (Å²) < 4.78 is 5.07. The van der Waals surface area contributed by atoms with Crippen molar-refractivity contribution in [3.05, 3.63) is 17.5 Å². The molecule has 2 fully saturated rings. The summed E-state index contributed by atoms with van der Waals surface area (Å²) in [5.74, 6) is -0.377. The normalized spacial score (nSPS) is 22.9. The summed E-state index contributed by atoms with van der Waals surface area (Å²) >= 11 is 0. The van der Waals surface area contributed by atoms with E-state index in [0.717, 1.165) is 13.1 Å². The molecular formula is C14H20N2O3. The second-order valence-electron chi connectivity index (χ2n) is 5.97. The molecule has 0 amide bonds. The monoisotopic (exact) mass is 264 g/mol. The lowest BCUT2D eigenvalue weighted by Crippen LogP contribution is -2.38. The number of hydrogen-bond donors (Lipinski definition) is 1. The van der Waals surface area contributed by atoms with Gasteiger partial charge in [-0.15, -0.1) is 0 Å². The Kier molecular flexibility index (Phi) is 3.31. The smallest absolute Gasteiger partial charge is 0.358 e. The minimum absolute atomic E-state index is 0.000673. The summed E-state index contributed by atoms with van der Waals surface area (Å²) in [6.07, 6.45) is 8.12. The van der Waals surface area contributed by atoms with Crippen molar-refractivity contribution >= 4 is 5.97 Å². The third-order valence-corrected chi connectivity index (χ3v) is 4.74. The number of aromatic carboxylic acids is 1. The Morgan fingerprint density at radius 2 is 2.00 bits per heavy atom. The number of piperidine rings is 1. The summed E-state index contributed by atoms with van der Waals surface area (Å²) in [6.45, 7) is 2.85. The van der Waals surface area contributed by atoms with Gasteiger partial charge >= 0.3 is 5.97 Å². The highest BCUT2D eigenvalue weighted by Crippen LogP contribution is 2.46. The van der Waals surface area contributed by atoms with Gasteiger partial charge in [0.05, 0.1) is 6.54 Å². The van der Waals surface area contributed by atoms with E-state index >= 15 is 0 Å². The molecule has 0 radical (unpaired) electrons. The van der Waals surface area contributed by atoms with Gasteiger partial charge in [0.2, 0.25) is 0 Å². The summed E-state index contributed by atoms with van der Waals surface area (Å²) in [5.41, 5.74) is 0.615. The Morgan fingerprint density at radius 3 is 2.58 bits per heavy atom. The quantitative estimate of drug-likeness (QED) is 0.908. The molecule has 2 heterocycles. The van der Waals surface area contributed by atoms with E-state index in [9.17, 15) is 4.79 Å². The molecule has 0 aromatic carbocycles. The van der Waals surface area contributed by atoms with Gasteiger partial charge < -0.3 is 9.63 Å². The molecule has 0 bridgehead atoms. The molecule has 5 heteroatoms. The average Bonchev–Trinajstić information content (AvgIpc) is 3.02. The number of carbonyl (C=O) groups is 1. The first-order valence-electron chi connectivity index (χ1n) is 7.08. The number of aromatic nitrogens is 1. The first kappa shape index (κ1) is 12.7. The highest BCUT2D eigenvalue weighted by molar-refractivity contribution is 5.85. The second-order valence-corrected chi connectivity index (χ2v) is 5.97. The minimum Gasteiger partial charge on any atom is -0.476 e. The lowest BCUT2D eigenvalue weighted by Gasteiger charge is -2.39. The van der Waals surface area contributed by atoms with Gasteiger partial charge in [0.1, 0.15) is 0 Å². The van der Waals surface area contributed by atoms with E-state index in [0.29, 0.717) is 17.7 Å². The zero-order valence-electron chi connectivity index (χ0n) is 11.1. The number of nitrogens with zero attached hydrogens (tertiary/aromatic N) is 2. The molecule has 1 aliphatic carbocycles. The summed E-state index contributed by atoms with van der Waals surface area (Å²) in [6, 6.07) is 1.53. The molecular weight excluding hydrogens is 244 g/mol. The van der Waals surface area contributed by atoms with Crippen molar-refractivity contribution in [1.29, 1.82) is 0 Å². The van der Waals surface area contributed by atoms with Gasteiger partial charge in [-0.1, -0.05) is 18.0 Å². The third-order valence-electron chi connectivity index (χ3n) is 4.74. The van der Waals surface area contributed by atoms with E-state index in [1.165, 1.54) is 44.6 Å². The maximum atomic E-state index is 10.7. The Bertz CT molecular complexity index is 453. The van der Waals surface area contributed by atoms with Crippen LogP contribution in [0.1, 0.15) is 54.8 Å². The summed E-state index contributed by atoms with van der Waals surface area (Å²) in [4.78, 5) is 13.1. The second kappa shape index (κ2) is 4.96. The van der Waals surface area contributed by atoms with Crippen LogP contribution < -0.4 is 0 Å². The molecule has 1 spiro atoms. The highest BCUT2D eigenvalue weighted by atomic mass is 16.5. The largest absolute Gasteiger partial charge is 0.476 e. The molecule has 2 aliphatic rings. The summed E-state index contributed by atoms with van der Waals surface area (Å²) in [5, 5.41) is 12.4. The lowest BCUT2D eigenvalue weighted by molar-refractivity contribution is 0.0685. The number of hydrogen-bond acceptors (Lipinski definition) is 4. The standard InChI is InChI=1S/C14H20N2O3/c17-13(18)12-9-11(19-15-12)10-16-7-5-14(6-8-16)3-1-2-4-14/h9H,1-8,10H2,(H,17,18). The molecule has 1 N–H and O–H groups in total. The fourth-order valence-corrected chi connectivity index (χ4v) is 3.52. The van der Waals surface area contributed by atoms with Crippen LogP contribution in [-0.4, -0.2) is 34.2 Å². The van der Waals surface area contributed by atoms with Crippen molar-refractivity contribution in [2.75, 3.05) is 13.1 Å². The molecule has 19 heavy (non-hydrogen) atoms. The topological polar surface area (TPSA) is 66.6 Å². The molecule has 0 unspecified atom stereocenters. The van der Waals surface area contributed by atoms with Crippen molar-refractivity contribution in [1.82, 2.24) is 10.1 Å². The van der Waals surface area contributed by atoms with Gasteiger partial charge in [-0.05, 0) is 44.2 Å². The molecule has 1 saturated heterocycles. The number of carboxylic acid groups (broad SMARTS) is 1. The van der Waals surface area contributed by atoms with Gasteiger partial charge in [-0.3, -0.25) is 4.90 Å². The van der Waals surface area contributed by atoms with E-state index < -0.39 is 5.97 Å². The van der Waals surface area contributed by atoms with Gasteiger partial charge in [-0.2, -0.15) is 0 Å². The molecule has 0 atom stereocenters. The Morgan fingerprint density at radius 1 is 1.32 bits per heavy atom. The van der Waals surface area contributed by atoms with Gasteiger partial charge in [0, 0.05) is 6.07 Å². The maximum Gasteiger partial charge on any atom is 0.358 e. The van der Waals surface area contributed by atoms with E-state index in [1.807, 2.05) is 0 Å². The number of carboxylic acids is 1. The predicted molar refractivity (Wildman–Crippen MR) is 68.9 cm³/mol. The Labute approximate surface area is 112 Å². The van der Waals surface area contributed by atoms with Crippen LogP contribution in [0.25, 0.3) is 0 Å². The molecule has 1 saturated carbocycles. The maximum absolute atomic E-state index is 10.7. The van der Waals surface area contributed by atoms with Gasteiger partial charge in [-0.25, -0.2) is 4.79 Å². The molecule has 1 aromatic rings. The Hall–Kier alpha value is -1.36. The van der Waals surface area contributed by atoms with Crippen molar-refractivity contribution in [3.63, 3.8) is 0 Å². The molecule has 104 valence electrons. The fourth-order valence-electron chi connectivity index (χ4n) is 3.52. The molecule has 3 rings (SSSR count). The van der Waals surface area contributed by atoms with Crippen LogP contribution in [0, 0.1) is 5.41 Å². The predicted octanol–water partition coefficient (Wildman–Crippen LogP) is 2.53. The van der Waals surface area contributed by atoms with Crippen molar-refractivity contribution in [2.45, 2.75) is 45.1 Å². The first-order valence-corrected chi connectivity index (χ1v) is 7.08.